The van der Waals surface area contributed by atoms with Crippen molar-refractivity contribution in [2.75, 3.05) is 0 Å². The van der Waals surface area contributed by atoms with Crippen molar-refractivity contribution < 1.29 is 13.9 Å². The molecule has 1 fully saturated rings. The van der Waals surface area contributed by atoms with Crippen LogP contribution < -0.4 is 0 Å². The van der Waals surface area contributed by atoms with Crippen LogP contribution in [0.3, 0.4) is 0 Å². The molecule has 0 amide bonds. The molecule has 4 heteroatoms. The van der Waals surface area contributed by atoms with Crippen molar-refractivity contribution in [2.45, 2.75) is 31.8 Å². The van der Waals surface area contributed by atoms with Gasteiger partial charge in [0, 0.05) is 6.08 Å². The highest BCUT2D eigenvalue weighted by Gasteiger charge is 2.23. The van der Waals surface area contributed by atoms with E-state index in [-0.39, 0.29) is 11.9 Å². The number of allylic oxidation sites excluding steroid dienone is 2. The molecule has 0 heterocycles. The number of carbonyl (C=O) groups excluding carboxylic acids is 1. The third kappa shape index (κ3) is 3.92. The summed E-state index contributed by atoms with van der Waals surface area (Å²) in [7, 11) is 0. The molecule has 1 aliphatic carbocycles. The monoisotopic (exact) mass is 273 g/mol. The van der Waals surface area contributed by atoms with E-state index >= 15 is 0 Å². The summed E-state index contributed by atoms with van der Waals surface area (Å²) in [6, 6.07) is 7.35. The average molecular weight is 273 g/mol. The number of hydrogen-bond donors (Lipinski definition) is 0. The molecule has 20 heavy (non-hydrogen) atoms. The molecular weight excluding hydrogens is 257 g/mol. The average Bonchev–Trinajstić information content (AvgIpc) is 2.47. The molecule has 0 saturated heterocycles. The van der Waals surface area contributed by atoms with Gasteiger partial charge in [-0.2, -0.15) is 5.26 Å². The maximum absolute atomic E-state index is 12.8. The number of nitriles is 1. The molecule has 0 spiro atoms. The second-order valence-corrected chi connectivity index (χ2v) is 4.94. The molecule has 0 aromatic heterocycles. The van der Waals surface area contributed by atoms with Crippen molar-refractivity contribution in [3.05, 3.63) is 47.8 Å². The first-order valence-electron chi connectivity index (χ1n) is 6.72. The fourth-order valence-electron chi connectivity index (χ4n) is 2.38. The van der Waals surface area contributed by atoms with Crippen LogP contribution in [-0.4, -0.2) is 12.1 Å². The van der Waals surface area contributed by atoms with E-state index in [0.29, 0.717) is 11.5 Å². The standard InChI is InChI=1S/C16H16FNO2/c17-14-7-5-13(6-8-14)16(19)20-15-9-3-12(4-10-15)2-1-11-18/h1-2,5-8,12,15H,3-4,9-10H2. The number of halogens is 1. The fourth-order valence-corrected chi connectivity index (χ4v) is 2.38. The van der Waals surface area contributed by atoms with E-state index in [1.165, 1.54) is 30.3 Å². The highest BCUT2D eigenvalue weighted by Crippen LogP contribution is 2.27. The lowest BCUT2D eigenvalue weighted by Crippen LogP contribution is -2.24. The molecule has 3 nitrogen and oxygen atoms in total. The van der Waals surface area contributed by atoms with Gasteiger partial charge in [-0.15, -0.1) is 0 Å². The Hall–Kier alpha value is -2.15. The Morgan fingerprint density at radius 3 is 2.50 bits per heavy atom. The zero-order chi connectivity index (χ0) is 14.4. The molecule has 0 unspecified atom stereocenters. The lowest BCUT2D eigenvalue weighted by Gasteiger charge is -2.26. The summed E-state index contributed by atoms with van der Waals surface area (Å²) in [5.41, 5.74) is 0.373. The van der Waals surface area contributed by atoms with E-state index in [2.05, 4.69) is 0 Å². The second-order valence-electron chi connectivity index (χ2n) is 4.94. The SMILES string of the molecule is N#CC=CC1CCC(OC(=O)c2ccc(F)cc2)CC1. The number of ether oxygens (including phenoxy) is 1. The minimum atomic E-state index is -0.402. The van der Waals surface area contributed by atoms with Crippen LogP contribution >= 0.6 is 0 Å². The first kappa shape index (κ1) is 14.3. The largest absolute Gasteiger partial charge is 0.459 e. The van der Waals surface area contributed by atoms with Gasteiger partial charge in [0.15, 0.2) is 0 Å². The molecular formula is C16H16FNO2. The van der Waals surface area contributed by atoms with Crippen LogP contribution in [0.2, 0.25) is 0 Å². The summed E-state index contributed by atoms with van der Waals surface area (Å²) in [6.07, 6.45) is 6.77. The Kier molecular flexibility index (Phi) is 4.89. The van der Waals surface area contributed by atoms with Crippen LogP contribution in [0, 0.1) is 23.1 Å². The molecule has 1 aromatic rings. The van der Waals surface area contributed by atoms with E-state index < -0.39 is 5.97 Å². The number of hydrogen-bond acceptors (Lipinski definition) is 3. The van der Waals surface area contributed by atoms with Crippen LogP contribution in [-0.2, 0) is 4.74 Å². The van der Waals surface area contributed by atoms with Crippen LogP contribution in [0.1, 0.15) is 36.0 Å². The summed E-state index contributed by atoms with van der Waals surface area (Å²) in [6.45, 7) is 0. The van der Waals surface area contributed by atoms with Crippen molar-refractivity contribution in [3.63, 3.8) is 0 Å². The van der Waals surface area contributed by atoms with E-state index in [4.69, 9.17) is 10.00 Å². The summed E-state index contributed by atoms with van der Waals surface area (Å²) in [5, 5.41) is 8.48. The summed E-state index contributed by atoms with van der Waals surface area (Å²) in [5.74, 6) is -0.372. The van der Waals surface area contributed by atoms with Crippen molar-refractivity contribution in [2.24, 2.45) is 5.92 Å². The number of nitrogens with zero attached hydrogens (tertiary/aromatic N) is 1. The van der Waals surface area contributed by atoms with Gasteiger partial charge >= 0.3 is 5.97 Å². The van der Waals surface area contributed by atoms with Gasteiger partial charge < -0.3 is 4.74 Å². The van der Waals surface area contributed by atoms with E-state index in [9.17, 15) is 9.18 Å². The van der Waals surface area contributed by atoms with Gasteiger partial charge in [0.1, 0.15) is 11.9 Å². The van der Waals surface area contributed by atoms with Crippen LogP contribution in [0.25, 0.3) is 0 Å². The maximum Gasteiger partial charge on any atom is 0.338 e. The normalized spacial score (nSPS) is 22.4. The lowest BCUT2D eigenvalue weighted by molar-refractivity contribution is 0.0185. The molecule has 1 saturated carbocycles. The van der Waals surface area contributed by atoms with Gasteiger partial charge in [-0.3, -0.25) is 0 Å². The Balaban J connectivity index is 1.83. The van der Waals surface area contributed by atoms with Crippen LogP contribution in [0.4, 0.5) is 4.39 Å². The minimum Gasteiger partial charge on any atom is -0.459 e. The first-order valence-corrected chi connectivity index (χ1v) is 6.72. The molecule has 0 atom stereocenters. The predicted octanol–water partition coefficient (Wildman–Crippen LogP) is 3.62. The zero-order valence-electron chi connectivity index (χ0n) is 11.1. The molecule has 0 radical (unpaired) electrons. The van der Waals surface area contributed by atoms with Crippen LogP contribution in [0.5, 0.6) is 0 Å². The summed E-state index contributed by atoms with van der Waals surface area (Å²) in [4.78, 5) is 11.9. The molecule has 104 valence electrons. The maximum atomic E-state index is 12.8. The van der Waals surface area contributed by atoms with Gasteiger partial charge in [0.2, 0.25) is 0 Å². The predicted molar refractivity (Wildman–Crippen MR) is 72.3 cm³/mol. The van der Waals surface area contributed by atoms with E-state index in [1.807, 2.05) is 12.1 Å². The van der Waals surface area contributed by atoms with Gasteiger partial charge in [-0.1, -0.05) is 6.08 Å². The van der Waals surface area contributed by atoms with Gasteiger partial charge in [-0.05, 0) is 55.9 Å². The lowest BCUT2D eigenvalue weighted by atomic mass is 9.87. The Labute approximate surface area is 117 Å². The topological polar surface area (TPSA) is 50.1 Å². The molecule has 2 rings (SSSR count). The molecule has 1 aliphatic rings. The van der Waals surface area contributed by atoms with Gasteiger partial charge in [-0.25, -0.2) is 9.18 Å². The summed E-state index contributed by atoms with van der Waals surface area (Å²) >= 11 is 0. The molecule has 0 aliphatic heterocycles. The van der Waals surface area contributed by atoms with E-state index in [1.54, 1.807) is 0 Å². The number of carbonyl (C=O) groups is 1. The minimum absolute atomic E-state index is 0.0840. The number of rotatable bonds is 3. The quantitative estimate of drug-likeness (QED) is 0.624. The highest BCUT2D eigenvalue weighted by molar-refractivity contribution is 5.89. The first-order chi connectivity index (χ1) is 9.69. The van der Waals surface area contributed by atoms with E-state index in [0.717, 1.165) is 25.7 Å². The smallest absolute Gasteiger partial charge is 0.338 e. The van der Waals surface area contributed by atoms with Crippen molar-refractivity contribution in [1.29, 1.82) is 5.26 Å². The molecule has 1 aromatic carbocycles. The molecule has 0 N–H and O–H groups in total. The fraction of sp³-hybridized carbons (Fsp3) is 0.375. The van der Waals surface area contributed by atoms with Crippen LogP contribution in [0.15, 0.2) is 36.4 Å². The van der Waals surface area contributed by atoms with Gasteiger partial charge in [0.05, 0.1) is 11.6 Å². The zero-order valence-corrected chi connectivity index (χ0v) is 11.1. The Morgan fingerprint density at radius 2 is 1.90 bits per heavy atom. The van der Waals surface area contributed by atoms with Gasteiger partial charge in [0.25, 0.3) is 0 Å². The Morgan fingerprint density at radius 1 is 1.25 bits per heavy atom. The summed E-state index contributed by atoms with van der Waals surface area (Å²) < 4.78 is 18.2. The third-order valence-corrected chi connectivity index (χ3v) is 3.52. The van der Waals surface area contributed by atoms with Crippen molar-refractivity contribution in [3.8, 4) is 6.07 Å². The second kappa shape index (κ2) is 6.85. The number of benzene rings is 1. The Bertz CT molecular complexity index is 522. The number of esters is 1. The van der Waals surface area contributed by atoms with Crippen molar-refractivity contribution >= 4 is 5.97 Å². The van der Waals surface area contributed by atoms with Crippen molar-refractivity contribution in [1.82, 2.24) is 0 Å². The highest BCUT2D eigenvalue weighted by atomic mass is 19.1. The molecule has 0 bridgehead atoms. The third-order valence-electron chi connectivity index (χ3n) is 3.52.